The Morgan fingerprint density at radius 1 is 1.11 bits per heavy atom. The highest BCUT2D eigenvalue weighted by molar-refractivity contribution is 9.10. The predicted octanol–water partition coefficient (Wildman–Crippen LogP) is 7.33. The molecule has 28 heavy (non-hydrogen) atoms. The molecule has 0 amide bonds. The summed E-state index contributed by atoms with van der Waals surface area (Å²) in [5, 5.41) is 11.1. The van der Waals surface area contributed by atoms with Crippen molar-refractivity contribution in [1.82, 2.24) is 4.98 Å². The molecule has 0 unspecified atom stereocenters. The lowest BCUT2D eigenvalue weighted by atomic mass is 10.2. The summed E-state index contributed by atoms with van der Waals surface area (Å²) in [5.41, 5.74) is 4.32. The first kappa shape index (κ1) is 19.0. The topological polar surface area (TPSA) is 58.6 Å². The van der Waals surface area contributed by atoms with E-state index in [1.807, 2.05) is 25.1 Å². The molecule has 1 N–H and O–H groups in total. The van der Waals surface area contributed by atoms with Crippen LogP contribution in [0.5, 0.6) is 5.75 Å². The van der Waals surface area contributed by atoms with E-state index in [2.05, 4.69) is 25.9 Å². The van der Waals surface area contributed by atoms with E-state index >= 15 is 0 Å². The van der Waals surface area contributed by atoms with Crippen LogP contribution < -0.4 is 0 Å². The van der Waals surface area contributed by atoms with Gasteiger partial charge in [0.25, 0.3) is 0 Å². The number of rotatable bonds is 3. The number of phenolic OH excluding ortho intramolecular Hbond substituents is 1. The zero-order valence-corrected chi connectivity index (χ0v) is 17.7. The standard InChI is InChI=1S/C21H13BrCl2N2O2/c1-11-2-5-18-19(6-11)28-21(26-18)15-9-14(3-4-17(15)24)25-10-12-7-13(23)8-16(22)20(12)27/h2-10,27H,1H3. The highest BCUT2D eigenvalue weighted by Crippen LogP contribution is 2.34. The second-order valence-electron chi connectivity index (χ2n) is 6.24. The van der Waals surface area contributed by atoms with E-state index < -0.39 is 0 Å². The minimum Gasteiger partial charge on any atom is -0.506 e. The first-order valence-corrected chi connectivity index (χ1v) is 9.85. The van der Waals surface area contributed by atoms with Crippen molar-refractivity contribution in [3.05, 3.63) is 74.2 Å². The number of nitrogens with zero attached hydrogens (tertiary/aromatic N) is 2. The lowest BCUT2D eigenvalue weighted by Gasteiger charge is -2.04. The minimum atomic E-state index is 0.0663. The number of hydrogen-bond acceptors (Lipinski definition) is 4. The van der Waals surface area contributed by atoms with Crippen LogP contribution in [-0.2, 0) is 0 Å². The maximum atomic E-state index is 10.1. The van der Waals surface area contributed by atoms with Crippen molar-refractivity contribution in [3.8, 4) is 17.2 Å². The summed E-state index contributed by atoms with van der Waals surface area (Å²) in [6, 6.07) is 14.4. The number of aryl methyl sites for hydroxylation is 1. The van der Waals surface area contributed by atoms with E-state index in [4.69, 9.17) is 27.6 Å². The van der Waals surface area contributed by atoms with Crippen molar-refractivity contribution in [2.24, 2.45) is 4.99 Å². The maximum Gasteiger partial charge on any atom is 0.228 e. The van der Waals surface area contributed by atoms with E-state index in [0.29, 0.717) is 42.8 Å². The van der Waals surface area contributed by atoms with Gasteiger partial charge in [0.1, 0.15) is 11.3 Å². The molecule has 0 bridgehead atoms. The molecule has 0 fully saturated rings. The highest BCUT2D eigenvalue weighted by Gasteiger charge is 2.13. The molecule has 0 saturated heterocycles. The number of aliphatic imine (C=N–C) groups is 1. The molecular weight excluding hydrogens is 463 g/mol. The molecule has 0 radical (unpaired) electrons. The van der Waals surface area contributed by atoms with E-state index in [1.165, 1.54) is 6.21 Å². The Hall–Kier alpha value is -2.34. The van der Waals surface area contributed by atoms with E-state index in [1.54, 1.807) is 30.3 Å². The average Bonchev–Trinajstić information content (AvgIpc) is 3.07. The molecule has 140 valence electrons. The van der Waals surface area contributed by atoms with Crippen molar-refractivity contribution >= 4 is 62.1 Å². The fourth-order valence-corrected chi connectivity index (χ4v) is 3.77. The number of aromatic hydroxyl groups is 1. The van der Waals surface area contributed by atoms with E-state index in [0.717, 1.165) is 11.1 Å². The van der Waals surface area contributed by atoms with Crippen molar-refractivity contribution < 1.29 is 9.52 Å². The third-order valence-corrected chi connectivity index (χ3v) is 5.29. The maximum absolute atomic E-state index is 10.1. The lowest BCUT2D eigenvalue weighted by molar-refractivity contribution is 0.471. The summed E-state index contributed by atoms with van der Waals surface area (Å²) >= 11 is 15.7. The van der Waals surface area contributed by atoms with Crippen LogP contribution >= 0.6 is 39.1 Å². The summed E-state index contributed by atoms with van der Waals surface area (Å²) in [6.45, 7) is 1.99. The van der Waals surface area contributed by atoms with Crippen LogP contribution in [0.2, 0.25) is 10.0 Å². The monoisotopic (exact) mass is 474 g/mol. The number of benzene rings is 3. The zero-order valence-electron chi connectivity index (χ0n) is 14.6. The van der Waals surface area contributed by atoms with Gasteiger partial charge in [0.2, 0.25) is 5.89 Å². The fourth-order valence-electron chi connectivity index (χ4n) is 2.73. The number of oxazole rings is 1. The van der Waals surface area contributed by atoms with Crippen molar-refractivity contribution in [3.63, 3.8) is 0 Å². The molecule has 1 heterocycles. The highest BCUT2D eigenvalue weighted by atomic mass is 79.9. The van der Waals surface area contributed by atoms with Gasteiger partial charge in [-0.3, -0.25) is 4.99 Å². The molecule has 0 aliphatic heterocycles. The van der Waals surface area contributed by atoms with Gasteiger partial charge in [0, 0.05) is 16.8 Å². The summed E-state index contributed by atoms with van der Waals surface area (Å²) in [7, 11) is 0. The van der Waals surface area contributed by atoms with Gasteiger partial charge in [-0.05, 0) is 70.9 Å². The number of phenols is 1. The Balaban J connectivity index is 1.73. The Labute approximate surface area is 179 Å². The van der Waals surface area contributed by atoms with Crippen molar-refractivity contribution in [1.29, 1.82) is 0 Å². The number of halogens is 3. The number of hydrogen-bond donors (Lipinski definition) is 1. The third kappa shape index (κ3) is 3.78. The molecule has 0 aliphatic rings. The number of aromatic nitrogens is 1. The first-order chi connectivity index (χ1) is 13.4. The predicted molar refractivity (Wildman–Crippen MR) is 117 cm³/mol. The fraction of sp³-hybridized carbons (Fsp3) is 0.0476. The molecule has 0 atom stereocenters. The van der Waals surface area contributed by atoms with Crippen LogP contribution in [0, 0.1) is 6.92 Å². The quantitative estimate of drug-likeness (QED) is 0.315. The third-order valence-electron chi connectivity index (χ3n) is 4.13. The molecule has 4 nitrogen and oxygen atoms in total. The molecular formula is C21H13BrCl2N2O2. The average molecular weight is 476 g/mol. The van der Waals surface area contributed by atoms with Crippen molar-refractivity contribution in [2.45, 2.75) is 6.92 Å². The SMILES string of the molecule is Cc1ccc2nc(-c3cc(N=Cc4cc(Cl)cc(Br)c4O)ccc3Cl)oc2c1. The van der Waals surface area contributed by atoms with Gasteiger partial charge < -0.3 is 9.52 Å². The first-order valence-electron chi connectivity index (χ1n) is 8.30. The Morgan fingerprint density at radius 2 is 1.93 bits per heavy atom. The van der Waals surface area contributed by atoms with Crippen LogP contribution in [-0.4, -0.2) is 16.3 Å². The molecule has 4 rings (SSSR count). The van der Waals surface area contributed by atoms with Gasteiger partial charge in [0.05, 0.1) is 20.7 Å². The summed E-state index contributed by atoms with van der Waals surface area (Å²) in [6.07, 6.45) is 1.54. The summed E-state index contributed by atoms with van der Waals surface area (Å²) < 4.78 is 6.37. The molecule has 7 heteroatoms. The summed E-state index contributed by atoms with van der Waals surface area (Å²) in [4.78, 5) is 8.94. The molecule has 1 aromatic heterocycles. The minimum absolute atomic E-state index is 0.0663. The van der Waals surface area contributed by atoms with Crippen LogP contribution in [0.25, 0.3) is 22.6 Å². The van der Waals surface area contributed by atoms with Gasteiger partial charge in [-0.15, -0.1) is 0 Å². The normalized spacial score (nSPS) is 11.6. The largest absolute Gasteiger partial charge is 0.506 e. The Morgan fingerprint density at radius 3 is 2.75 bits per heavy atom. The van der Waals surface area contributed by atoms with E-state index in [-0.39, 0.29) is 5.75 Å². The van der Waals surface area contributed by atoms with Gasteiger partial charge >= 0.3 is 0 Å². The van der Waals surface area contributed by atoms with Crippen LogP contribution in [0.15, 0.2) is 62.4 Å². The van der Waals surface area contributed by atoms with Gasteiger partial charge in [-0.1, -0.05) is 29.3 Å². The van der Waals surface area contributed by atoms with Crippen LogP contribution in [0.3, 0.4) is 0 Å². The van der Waals surface area contributed by atoms with Crippen LogP contribution in [0.4, 0.5) is 5.69 Å². The molecule has 4 aromatic rings. The van der Waals surface area contributed by atoms with Gasteiger partial charge in [0.15, 0.2) is 5.58 Å². The smallest absolute Gasteiger partial charge is 0.228 e. The molecule has 0 aliphatic carbocycles. The Bertz CT molecular complexity index is 1230. The molecule has 0 saturated carbocycles. The van der Waals surface area contributed by atoms with Crippen LogP contribution in [0.1, 0.15) is 11.1 Å². The van der Waals surface area contributed by atoms with Gasteiger partial charge in [-0.25, -0.2) is 4.98 Å². The van der Waals surface area contributed by atoms with Gasteiger partial charge in [-0.2, -0.15) is 0 Å². The summed E-state index contributed by atoms with van der Waals surface area (Å²) in [5.74, 6) is 0.493. The second kappa shape index (κ2) is 7.59. The van der Waals surface area contributed by atoms with E-state index in [9.17, 15) is 5.11 Å². The zero-order chi connectivity index (χ0) is 19.8. The second-order valence-corrected chi connectivity index (χ2v) is 7.94. The number of fused-ring (bicyclic) bond motifs is 1. The molecule has 3 aromatic carbocycles. The Kier molecular flexibility index (Phi) is 5.15. The molecule has 0 spiro atoms. The van der Waals surface area contributed by atoms with Crippen molar-refractivity contribution in [2.75, 3.05) is 0 Å². The lowest BCUT2D eigenvalue weighted by Crippen LogP contribution is -1.85.